The second kappa shape index (κ2) is 5.54. The van der Waals surface area contributed by atoms with E-state index in [2.05, 4.69) is 4.98 Å². The van der Waals surface area contributed by atoms with Crippen molar-refractivity contribution in [2.45, 2.75) is 44.9 Å². The normalized spacial score (nSPS) is 22.8. The van der Waals surface area contributed by atoms with Gasteiger partial charge in [0.15, 0.2) is 0 Å². The van der Waals surface area contributed by atoms with Crippen LogP contribution in [0, 0.1) is 0 Å². The van der Waals surface area contributed by atoms with Crippen LogP contribution in [0.25, 0.3) is 0 Å². The first-order valence-corrected chi connectivity index (χ1v) is 7.91. The van der Waals surface area contributed by atoms with Gasteiger partial charge in [-0.05, 0) is 33.3 Å². The molecule has 3 heterocycles. The number of hydrogen-bond acceptors (Lipinski definition) is 6. The Morgan fingerprint density at radius 1 is 1.33 bits per heavy atom. The maximum atomic E-state index is 12.3. The van der Waals surface area contributed by atoms with Crippen LogP contribution < -0.4 is 10.6 Å². The Hall–Kier alpha value is -2.51. The van der Waals surface area contributed by atoms with E-state index in [0.717, 1.165) is 6.42 Å². The Bertz CT molecular complexity index is 685. The summed E-state index contributed by atoms with van der Waals surface area (Å²) in [4.78, 5) is 31.5. The van der Waals surface area contributed by atoms with Gasteiger partial charge in [-0.1, -0.05) is 0 Å². The molecule has 2 aliphatic rings. The van der Waals surface area contributed by atoms with Crippen LogP contribution in [0.4, 0.5) is 16.3 Å². The molecule has 0 aliphatic carbocycles. The van der Waals surface area contributed by atoms with Crippen LogP contribution in [-0.2, 0) is 4.74 Å². The maximum absolute atomic E-state index is 12.3. The molecule has 2 atom stereocenters. The maximum Gasteiger partial charge on any atom is 0.410 e. The highest BCUT2D eigenvalue weighted by Gasteiger charge is 2.47. The molecule has 0 radical (unpaired) electrons. The first kappa shape index (κ1) is 16.4. The van der Waals surface area contributed by atoms with Gasteiger partial charge in [0.25, 0.3) is 0 Å². The van der Waals surface area contributed by atoms with E-state index < -0.39 is 11.6 Å². The minimum Gasteiger partial charge on any atom is -0.478 e. The first-order chi connectivity index (χ1) is 11.2. The summed E-state index contributed by atoms with van der Waals surface area (Å²) < 4.78 is 5.44. The Balaban J connectivity index is 1.73. The predicted octanol–water partition coefficient (Wildman–Crippen LogP) is 1.56. The van der Waals surface area contributed by atoms with Gasteiger partial charge >= 0.3 is 12.1 Å². The van der Waals surface area contributed by atoms with Crippen LogP contribution in [0.15, 0.2) is 12.3 Å². The lowest BCUT2D eigenvalue weighted by Gasteiger charge is -2.35. The second-order valence-electron chi connectivity index (χ2n) is 7.26. The number of rotatable bonds is 2. The minimum absolute atomic E-state index is 0.0479. The molecule has 8 nitrogen and oxygen atoms in total. The van der Waals surface area contributed by atoms with Crippen LogP contribution in [0.1, 0.15) is 37.6 Å². The molecule has 1 aromatic heterocycles. The van der Waals surface area contributed by atoms with Gasteiger partial charge in [-0.15, -0.1) is 0 Å². The third kappa shape index (κ3) is 2.95. The van der Waals surface area contributed by atoms with Crippen molar-refractivity contribution in [1.82, 2.24) is 9.88 Å². The molecule has 0 unspecified atom stereocenters. The molecule has 0 saturated carbocycles. The number of amides is 1. The number of carboxylic acids is 1. The van der Waals surface area contributed by atoms with E-state index in [4.69, 9.17) is 10.5 Å². The molecule has 2 saturated heterocycles. The Morgan fingerprint density at radius 3 is 2.58 bits per heavy atom. The fourth-order valence-corrected chi connectivity index (χ4v) is 3.29. The lowest BCUT2D eigenvalue weighted by Crippen LogP contribution is -2.50. The van der Waals surface area contributed by atoms with E-state index in [1.807, 2.05) is 25.7 Å². The average Bonchev–Trinajstić information content (AvgIpc) is 3.05. The summed E-state index contributed by atoms with van der Waals surface area (Å²) in [5.74, 6) is -0.492. The van der Waals surface area contributed by atoms with Crippen molar-refractivity contribution in [3.05, 3.63) is 17.8 Å². The van der Waals surface area contributed by atoms with Crippen molar-refractivity contribution < 1.29 is 19.4 Å². The molecule has 1 amide bonds. The van der Waals surface area contributed by atoms with E-state index in [-0.39, 0.29) is 29.4 Å². The number of carbonyl (C=O) groups is 2. The van der Waals surface area contributed by atoms with Crippen molar-refractivity contribution in [2.75, 3.05) is 23.7 Å². The Morgan fingerprint density at radius 2 is 2.04 bits per heavy atom. The van der Waals surface area contributed by atoms with Crippen molar-refractivity contribution in [3.63, 3.8) is 0 Å². The fraction of sp³-hybridized carbons (Fsp3) is 0.562. The number of anilines is 2. The summed E-state index contributed by atoms with van der Waals surface area (Å²) >= 11 is 0. The monoisotopic (exact) mass is 334 g/mol. The van der Waals surface area contributed by atoms with Crippen molar-refractivity contribution in [3.8, 4) is 0 Å². The Kier molecular flexibility index (Phi) is 3.77. The number of nitrogens with two attached hydrogens (primary N) is 1. The van der Waals surface area contributed by atoms with Crippen LogP contribution >= 0.6 is 0 Å². The summed E-state index contributed by atoms with van der Waals surface area (Å²) in [5.41, 5.74) is 5.33. The molecule has 2 fully saturated rings. The van der Waals surface area contributed by atoms with Crippen molar-refractivity contribution in [2.24, 2.45) is 0 Å². The molecule has 0 spiro atoms. The third-order valence-electron chi connectivity index (χ3n) is 4.31. The van der Waals surface area contributed by atoms with E-state index in [1.165, 1.54) is 12.3 Å². The minimum atomic E-state index is -1.07. The lowest BCUT2D eigenvalue weighted by molar-refractivity contribution is 0.0214. The highest BCUT2D eigenvalue weighted by atomic mass is 16.6. The van der Waals surface area contributed by atoms with Gasteiger partial charge in [-0.25, -0.2) is 14.6 Å². The number of nitrogens with zero attached hydrogens (tertiary/aromatic N) is 3. The number of carbonyl (C=O) groups excluding carboxylic acids is 1. The fourth-order valence-electron chi connectivity index (χ4n) is 3.29. The summed E-state index contributed by atoms with van der Waals surface area (Å²) in [7, 11) is 0. The largest absolute Gasteiger partial charge is 0.478 e. The molecule has 1 aromatic rings. The summed E-state index contributed by atoms with van der Waals surface area (Å²) in [6.07, 6.45) is 1.90. The number of pyridine rings is 1. The van der Waals surface area contributed by atoms with Gasteiger partial charge in [0.05, 0.1) is 29.5 Å². The Labute approximate surface area is 140 Å². The van der Waals surface area contributed by atoms with Crippen LogP contribution in [0.3, 0.4) is 0 Å². The highest BCUT2D eigenvalue weighted by Crippen LogP contribution is 2.35. The standard InChI is InChI=1S/C16H22N4O4/c1-16(2,3)24-15(23)20-8-9-4-10(20)7-19(9)13-5-11(14(21)22)12(17)6-18-13/h5-6,9-10H,4,7-8,17H2,1-3H3,(H,21,22)/t9-,10-/m0/s1. The number of ether oxygens (including phenoxy) is 1. The zero-order chi connectivity index (χ0) is 17.6. The van der Waals surface area contributed by atoms with Crippen LogP contribution in [0.5, 0.6) is 0 Å². The smallest absolute Gasteiger partial charge is 0.410 e. The van der Waals surface area contributed by atoms with E-state index >= 15 is 0 Å². The van der Waals surface area contributed by atoms with Gasteiger partial charge in [0.2, 0.25) is 0 Å². The molecular weight excluding hydrogens is 312 g/mol. The quantitative estimate of drug-likeness (QED) is 0.844. The predicted molar refractivity (Wildman–Crippen MR) is 88.1 cm³/mol. The molecular formula is C16H22N4O4. The molecule has 3 N–H and O–H groups in total. The number of carboxylic acid groups (broad SMARTS) is 1. The molecule has 130 valence electrons. The van der Waals surface area contributed by atoms with Crippen LogP contribution in [-0.4, -0.2) is 57.8 Å². The molecule has 0 aromatic carbocycles. The summed E-state index contributed by atoms with van der Waals surface area (Å²) in [5, 5.41) is 9.19. The van der Waals surface area contributed by atoms with Gasteiger partial charge in [0.1, 0.15) is 11.4 Å². The van der Waals surface area contributed by atoms with Gasteiger partial charge in [-0.2, -0.15) is 0 Å². The molecule has 3 rings (SSSR count). The highest BCUT2D eigenvalue weighted by molar-refractivity contribution is 5.94. The van der Waals surface area contributed by atoms with Crippen LogP contribution in [0.2, 0.25) is 0 Å². The topological polar surface area (TPSA) is 109 Å². The third-order valence-corrected chi connectivity index (χ3v) is 4.31. The first-order valence-electron chi connectivity index (χ1n) is 7.91. The number of nitrogen functional groups attached to an aromatic ring is 1. The summed E-state index contributed by atoms with van der Waals surface area (Å²) in [6, 6.07) is 1.66. The SMILES string of the molecule is CC(C)(C)OC(=O)N1C[C@@H]2C[C@H]1CN2c1cc(C(=O)O)c(N)cn1. The second-order valence-corrected chi connectivity index (χ2v) is 7.26. The number of piperazine rings is 1. The van der Waals surface area contributed by atoms with Gasteiger partial charge in [-0.3, -0.25) is 0 Å². The molecule has 8 heteroatoms. The molecule has 24 heavy (non-hydrogen) atoms. The number of aromatic nitrogens is 1. The van der Waals surface area contributed by atoms with Gasteiger partial charge < -0.3 is 25.4 Å². The summed E-state index contributed by atoms with van der Waals surface area (Å²) in [6.45, 7) is 6.69. The van der Waals surface area contributed by atoms with E-state index in [1.54, 1.807) is 4.90 Å². The van der Waals surface area contributed by atoms with E-state index in [9.17, 15) is 14.7 Å². The molecule has 2 bridgehead atoms. The van der Waals surface area contributed by atoms with Gasteiger partial charge in [0, 0.05) is 13.1 Å². The number of hydrogen-bond donors (Lipinski definition) is 2. The average molecular weight is 334 g/mol. The number of aromatic carboxylic acids is 1. The number of likely N-dealkylation sites (tertiary alicyclic amines) is 1. The zero-order valence-corrected chi connectivity index (χ0v) is 14.0. The number of fused-ring (bicyclic) bond motifs is 2. The van der Waals surface area contributed by atoms with Crippen molar-refractivity contribution in [1.29, 1.82) is 0 Å². The zero-order valence-electron chi connectivity index (χ0n) is 14.0. The van der Waals surface area contributed by atoms with E-state index in [0.29, 0.717) is 18.9 Å². The lowest BCUT2D eigenvalue weighted by atomic mass is 10.2. The molecule has 2 aliphatic heterocycles. The van der Waals surface area contributed by atoms with Crippen molar-refractivity contribution >= 4 is 23.6 Å².